The Kier molecular flexibility index (Phi) is 5.04. The number of nitriles is 1. The highest BCUT2D eigenvalue weighted by atomic mass is 32.1. The highest BCUT2D eigenvalue weighted by molar-refractivity contribution is 7.20. The molecule has 6 nitrogen and oxygen atoms in total. The average Bonchev–Trinajstić information content (AvgIpc) is 3.62. The molecule has 0 saturated heterocycles. The average molecular weight is 505 g/mol. The number of aryl methyl sites for hydroxylation is 2. The van der Waals surface area contributed by atoms with Gasteiger partial charge in [-0.25, -0.2) is 14.8 Å². The monoisotopic (exact) mass is 504 g/mol. The van der Waals surface area contributed by atoms with Crippen LogP contribution in [0.1, 0.15) is 21.4 Å². The minimum atomic E-state index is 0.524. The fourth-order valence-corrected chi connectivity index (χ4v) is 6.79. The predicted octanol–water partition coefficient (Wildman–Crippen LogP) is 5.15. The molecule has 8 heteroatoms. The van der Waals surface area contributed by atoms with E-state index in [1.165, 1.54) is 22.7 Å². The summed E-state index contributed by atoms with van der Waals surface area (Å²) in [5.41, 5.74) is 4.83. The molecule has 36 heavy (non-hydrogen) atoms. The molecule has 0 amide bonds. The number of benzene rings is 2. The number of aromatic nitrogens is 4. The second-order valence-corrected chi connectivity index (χ2v) is 10.7. The van der Waals surface area contributed by atoms with E-state index in [0.29, 0.717) is 21.3 Å². The standard InChI is InChI=1S/C28H20N6S2/c1-15-22-23(26(34(15)5)24(30-3)28-32-19-11-7-9-13-21(19)36-28)16(2)33(4)25(22)17(14-29)27-31-18-10-6-8-12-20(18)35-27/h6-13H,1-2,4-5H3/b25-17-,26-24+. The molecule has 0 aliphatic rings. The van der Waals surface area contributed by atoms with Gasteiger partial charge in [0.15, 0.2) is 0 Å². The van der Waals surface area contributed by atoms with Gasteiger partial charge in [0.1, 0.15) is 21.7 Å². The van der Waals surface area contributed by atoms with Crippen LogP contribution in [0.2, 0.25) is 0 Å². The van der Waals surface area contributed by atoms with Crippen LogP contribution in [-0.4, -0.2) is 19.1 Å². The first-order valence-electron chi connectivity index (χ1n) is 11.3. The van der Waals surface area contributed by atoms with E-state index in [-0.39, 0.29) is 0 Å². The Bertz CT molecular complexity index is 1850. The van der Waals surface area contributed by atoms with Crippen molar-refractivity contribution >= 4 is 65.1 Å². The van der Waals surface area contributed by atoms with Crippen molar-refractivity contribution in [2.75, 3.05) is 0 Å². The summed E-state index contributed by atoms with van der Waals surface area (Å²) in [4.78, 5) is 13.5. The largest absolute Gasteiger partial charge is 0.356 e. The molecule has 0 atom stereocenters. The molecular formula is C28H20N6S2. The SMILES string of the molecule is [C-]#[N+]/C(c1nc2ccccc2s1)=c1\c2c(C)n(C)/c(=C(/C#N)c3nc4ccccc4s3)c2c(C)n1C. The van der Waals surface area contributed by atoms with Gasteiger partial charge in [0.2, 0.25) is 5.70 Å². The van der Waals surface area contributed by atoms with E-state index in [1.54, 1.807) is 0 Å². The second kappa shape index (κ2) is 8.17. The van der Waals surface area contributed by atoms with E-state index >= 15 is 0 Å². The lowest BCUT2D eigenvalue weighted by Crippen LogP contribution is -2.21. The Balaban J connectivity index is 1.78. The van der Waals surface area contributed by atoms with Crippen molar-refractivity contribution in [1.29, 1.82) is 5.26 Å². The molecule has 4 aromatic heterocycles. The lowest BCUT2D eigenvalue weighted by molar-refractivity contribution is 0.826. The van der Waals surface area contributed by atoms with Crippen LogP contribution in [0.4, 0.5) is 0 Å². The van der Waals surface area contributed by atoms with E-state index in [9.17, 15) is 5.26 Å². The Morgan fingerprint density at radius 3 is 1.89 bits per heavy atom. The minimum absolute atomic E-state index is 0.524. The van der Waals surface area contributed by atoms with Gasteiger partial charge in [-0.2, -0.15) is 5.26 Å². The molecule has 0 N–H and O–H groups in total. The van der Waals surface area contributed by atoms with Gasteiger partial charge in [-0.15, -0.1) is 22.7 Å². The molecule has 0 radical (unpaired) electrons. The molecule has 6 aromatic rings. The van der Waals surface area contributed by atoms with Gasteiger partial charge in [-0.05, 0) is 38.1 Å². The first-order valence-corrected chi connectivity index (χ1v) is 13.0. The molecule has 0 spiro atoms. The molecule has 0 bridgehead atoms. The van der Waals surface area contributed by atoms with Crippen molar-refractivity contribution < 1.29 is 0 Å². The highest BCUT2D eigenvalue weighted by Crippen LogP contribution is 2.30. The number of rotatable bonds is 2. The van der Waals surface area contributed by atoms with Crippen LogP contribution >= 0.6 is 22.7 Å². The van der Waals surface area contributed by atoms with E-state index in [2.05, 4.69) is 20.0 Å². The first kappa shape index (κ1) is 22.2. The highest BCUT2D eigenvalue weighted by Gasteiger charge is 2.23. The van der Waals surface area contributed by atoms with Crippen LogP contribution in [0.15, 0.2) is 48.5 Å². The summed E-state index contributed by atoms with van der Waals surface area (Å²) in [5.74, 6) is 0. The van der Waals surface area contributed by atoms with E-state index in [0.717, 1.165) is 53.3 Å². The topological polar surface area (TPSA) is 63.8 Å². The summed E-state index contributed by atoms with van der Waals surface area (Å²) >= 11 is 3.06. The molecule has 174 valence electrons. The van der Waals surface area contributed by atoms with Crippen molar-refractivity contribution in [1.82, 2.24) is 19.1 Å². The van der Waals surface area contributed by atoms with Crippen LogP contribution in [0, 0.1) is 31.8 Å². The molecule has 0 saturated carbocycles. The fourth-order valence-electron chi connectivity index (χ4n) is 4.87. The maximum atomic E-state index is 10.3. The Hall–Kier alpha value is -4.24. The summed E-state index contributed by atoms with van der Waals surface area (Å²) in [6.07, 6.45) is 0. The summed E-state index contributed by atoms with van der Waals surface area (Å²) in [6.45, 7) is 12.2. The van der Waals surface area contributed by atoms with Crippen molar-refractivity contribution in [3.8, 4) is 6.07 Å². The van der Waals surface area contributed by atoms with Crippen LogP contribution < -0.4 is 10.7 Å². The molecule has 6 rings (SSSR count). The third-order valence-electron chi connectivity index (χ3n) is 6.81. The number of hydrogen-bond donors (Lipinski definition) is 0. The van der Waals surface area contributed by atoms with Gasteiger partial charge in [-0.1, -0.05) is 24.3 Å². The number of nitrogens with zero attached hydrogens (tertiary/aromatic N) is 6. The molecular weight excluding hydrogens is 484 g/mol. The zero-order chi connectivity index (χ0) is 25.1. The summed E-state index contributed by atoms with van der Waals surface area (Å²) in [6, 6.07) is 18.3. The maximum Gasteiger partial charge on any atom is 0.245 e. The Morgan fingerprint density at radius 1 is 0.833 bits per heavy atom. The summed E-state index contributed by atoms with van der Waals surface area (Å²) < 4.78 is 6.23. The van der Waals surface area contributed by atoms with Gasteiger partial charge >= 0.3 is 0 Å². The van der Waals surface area contributed by atoms with E-state index < -0.39 is 0 Å². The van der Waals surface area contributed by atoms with Gasteiger partial charge in [0.25, 0.3) is 0 Å². The van der Waals surface area contributed by atoms with Crippen LogP contribution in [0.5, 0.6) is 0 Å². The molecule has 0 unspecified atom stereocenters. The molecule has 0 fully saturated rings. The smallest absolute Gasteiger partial charge is 0.245 e. The quantitative estimate of drug-likeness (QED) is 0.306. The van der Waals surface area contributed by atoms with Crippen molar-refractivity contribution in [3.63, 3.8) is 0 Å². The minimum Gasteiger partial charge on any atom is -0.356 e. The normalized spacial score (nSPS) is 13.3. The third kappa shape index (κ3) is 3.06. The van der Waals surface area contributed by atoms with Crippen LogP contribution in [0.3, 0.4) is 0 Å². The van der Waals surface area contributed by atoms with Crippen molar-refractivity contribution in [2.24, 2.45) is 14.1 Å². The first-order chi connectivity index (χ1) is 17.4. The van der Waals surface area contributed by atoms with Crippen LogP contribution in [0.25, 0.3) is 47.3 Å². The number of hydrogen-bond acceptors (Lipinski definition) is 5. The number of fused-ring (bicyclic) bond motifs is 3. The summed E-state index contributed by atoms with van der Waals surface area (Å²) in [5, 5.41) is 15.4. The molecule has 4 heterocycles. The predicted molar refractivity (Wildman–Crippen MR) is 147 cm³/mol. The van der Waals surface area contributed by atoms with Crippen molar-refractivity contribution in [2.45, 2.75) is 13.8 Å². The zero-order valence-corrected chi connectivity index (χ0v) is 21.8. The summed E-state index contributed by atoms with van der Waals surface area (Å²) in [7, 11) is 3.96. The molecule has 2 aromatic carbocycles. The van der Waals surface area contributed by atoms with Crippen LogP contribution in [-0.2, 0) is 14.1 Å². The molecule has 0 aliphatic heterocycles. The van der Waals surface area contributed by atoms with Gasteiger partial charge < -0.3 is 9.13 Å². The fraction of sp³-hybridized carbons (Fsp3) is 0.143. The number of para-hydroxylation sites is 2. The molecule has 0 aliphatic carbocycles. The number of thiazole rings is 2. The van der Waals surface area contributed by atoms with Gasteiger partial charge in [0.05, 0.1) is 37.7 Å². The lowest BCUT2D eigenvalue weighted by atomic mass is 10.1. The van der Waals surface area contributed by atoms with Gasteiger partial charge in [0, 0.05) is 36.3 Å². The third-order valence-corrected chi connectivity index (χ3v) is 8.91. The van der Waals surface area contributed by atoms with E-state index in [1.807, 2.05) is 76.5 Å². The Morgan fingerprint density at radius 2 is 1.33 bits per heavy atom. The Labute approximate surface area is 215 Å². The lowest BCUT2D eigenvalue weighted by Gasteiger charge is -2.04. The second-order valence-electron chi connectivity index (χ2n) is 8.66. The zero-order valence-electron chi connectivity index (χ0n) is 20.1. The van der Waals surface area contributed by atoms with Gasteiger partial charge in [-0.3, -0.25) is 0 Å². The van der Waals surface area contributed by atoms with Crippen molar-refractivity contribution in [3.05, 3.63) is 92.0 Å². The van der Waals surface area contributed by atoms with E-state index in [4.69, 9.17) is 16.5 Å². The maximum absolute atomic E-state index is 10.3.